The summed E-state index contributed by atoms with van der Waals surface area (Å²) in [4.78, 5) is 13.5. The van der Waals surface area contributed by atoms with E-state index in [1.54, 1.807) is 0 Å². The fourth-order valence-electron chi connectivity index (χ4n) is 1.62. The molecule has 0 amide bonds. The smallest absolute Gasteiger partial charge is 0.235 e. The largest absolute Gasteiger partial charge is 0.385 e. The molecule has 1 N–H and O–H groups in total. The van der Waals surface area contributed by atoms with Crippen LogP contribution in [0.3, 0.4) is 0 Å². The molecule has 3 heteroatoms. The van der Waals surface area contributed by atoms with Crippen molar-refractivity contribution in [3.05, 3.63) is 35.4 Å². The standard InChI is InChI=1S/C11H11NO2/c13-8-12-7-9-3-1-2-4-10(9)11(14)5-6-11/h1-4,14H,5-7H2. The predicted octanol–water partition coefficient (Wildman–Crippen LogP) is 1.50. The number of aliphatic imine (C=N–C) groups is 1. The van der Waals surface area contributed by atoms with E-state index in [1.807, 2.05) is 24.3 Å². The summed E-state index contributed by atoms with van der Waals surface area (Å²) in [6.07, 6.45) is 3.11. The first-order valence-corrected chi connectivity index (χ1v) is 4.61. The molecule has 0 aliphatic heterocycles. The first-order chi connectivity index (χ1) is 6.76. The number of aliphatic hydroxyl groups is 1. The van der Waals surface area contributed by atoms with Gasteiger partial charge in [-0.05, 0) is 24.0 Å². The van der Waals surface area contributed by atoms with Crippen LogP contribution in [0.15, 0.2) is 29.3 Å². The van der Waals surface area contributed by atoms with Gasteiger partial charge < -0.3 is 5.11 Å². The topological polar surface area (TPSA) is 49.7 Å². The highest BCUT2D eigenvalue weighted by molar-refractivity contribution is 5.38. The number of carbonyl (C=O) groups excluding carboxylic acids is 1. The third-order valence-electron chi connectivity index (χ3n) is 2.56. The van der Waals surface area contributed by atoms with E-state index in [0.717, 1.165) is 24.0 Å². The van der Waals surface area contributed by atoms with Crippen LogP contribution in [0.5, 0.6) is 0 Å². The van der Waals surface area contributed by atoms with Gasteiger partial charge in [0.1, 0.15) is 0 Å². The molecule has 72 valence electrons. The van der Waals surface area contributed by atoms with E-state index in [-0.39, 0.29) is 0 Å². The lowest BCUT2D eigenvalue weighted by atomic mass is 10.0. The Morgan fingerprint density at radius 3 is 2.79 bits per heavy atom. The Hall–Kier alpha value is -1.44. The molecule has 14 heavy (non-hydrogen) atoms. The van der Waals surface area contributed by atoms with E-state index in [2.05, 4.69) is 4.99 Å². The molecule has 1 fully saturated rings. The average Bonchev–Trinajstić information content (AvgIpc) is 2.95. The maximum absolute atomic E-state index is 10.0. The summed E-state index contributed by atoms with van der Waals surface area (Å²) in [5.41, 5.74) is 1.16. The Kier molecular flexibility index (Phi) is 2.20. The highest BCUT2D eigenvalue weighted by atomic mass is 16.3. The van der Waals surface area contributed by atoms with E-state index in [1.165, 1.54) is 6.08 Å². The van der Waals surface area contributed by atoms with Crippen molar-refractivity contribution >= 4 is 6.08 Å². The second-order valence-corrected chi connectivity index (χ2v) is 3.60. The highest BCUT2D eigenvalue weighted by Crippen LogP contribution is 2.46. The molecule has 0 atom stereocenters. The molecule has 0 spiro atoms. The lowest BCUT2D eigenvalue weighted by Gasteiger charge is -2.11. The third-order valence-corrected chi connectivity index (χ3v) is 2.56. The Morgan fingerprint density at radius 2 is 2.14 bits per heavy atom. The summed E-state index contributed by atoms with van der Waals surface area (Å²) in [5.74, 6) is 0. The fourth-order valence-corrected chi connectivity index (χ4v) is 1.62. The molecule has 1 aliphatic rings. The van der Waals surface area contributed by atoms with Crippen LogP contribution in [0, 0.1) is 0 Å². The second kappa shape index (κ2) is 3.37. The van der Waals surface area contributed by atoms with Crippen LogP contribution in [0.4, 0.5) is 0 Å². The number of isocyanates is 1. The first kappa shape index (κ1) is 9.13. The molecule has 1 aromatic rings. The quantitative estimate of drug-likeness (QED) is 0.578. The van der Waals surface area contributed by atoms with E-state index in [4.69, 9.17) is 0 Å². The van der Waals surface area contributed by atoms with Gasteiger partial charge in [0.2, 0.25) is 6.08 Å². The SMILES string of the molecule is O=C=NCc1ccccc1C1(O)CC1. The number of benzene rings is 1. The highest BCUT2D eigenvalue weighted by Gasteiger charge is 2.43. The summed E-state index contributed by atoms with van der Waals surface area (Å²) in [7, 11) is 0. The Balaban J connectivity index is 2.33. The monoisotopic (exact) mass is 189 g/mol. The zero-order chi connectivity index (χ0) is 10.0. The molecule has 2 rings (SSSR count). The zero-order valence-electron chi connectivity index (χ0n) is 7.73. The van der Waals surface area contributed by atoms with E-state index >= 15 is 0 Å². The Labute approximate surface area is 82.1 Å². The van der Waals surface area contributed by atoms with E-state index in [0.29, 0.717) is 6.54 Å². The van der Waals surface area contributed by atoms with Gasteiger partial charge in [0.25, 0.3) is 0 Å². The Morgan fingerprint density at radius 1 is 1.43 bits per heavy atom. The van der Waals surface area contributed by atoms with E-state index in [9.17, 15) is 9.90 Å². The van der Waals surface area contributed by atoms with Gasteiger partial charge in [-0.2, -0.15) is 0 Å². The van der Waals surface area contributed by atoms with Crippen molar-refractivity contribution in [3.63, 3.8) is 0 Å². The number of hydrogen-bond donors (Lipinski definition) is 1. The van der Waals surface area contributed by atoms with Crippen LogP contribution >= 0.6 is 0 Å². The van der Waals surface area contributed by atoms with Crippen LogP contribution in [0.25, 0.3) is 0 Å². The molecule has 1 aliphatic carbocycles. The summed E-state index contributed by atoms with van der Waals surface area (Å²) in [6.45, 7) is 0.308. The van der Waals surface area contributed by atoms with E-state index < -0.39 is 5.60 Å². The van der Waals surface area contributed by atoms with Crippen molar-refractivity contribution in [2.24, 2.45) is 4.99 Å². The molecular weight excluding hydrogens is 178 g/mol. The molecule has 0 heterocycles. The van der Waals surface area contributed by atoms with Crippen LogP contribution in [0.2, 0.25) is 0 Å². The molecule has 0 saturated heterocycles. The summed E-state index contributed by atoms with van der Waals surface area (Å²) >= 11 is 0. The minimum absolute atomic E-state index is 0.308. The summed E-state index contributed by atoms with van der Waals surface area (Å²) in [5, 5.41) is 9.94. The fraction of sp³-hybridized carbons (Fsp3) is 0.364. The zero-order valence-corrected chi connectivity index (χ0v) is 7.73. The lowest BCUT2D eigenvalue weighted by Crippen LogP contribution is -2.07. The van der Waals surface area contributed by atoms with Gasteiger partial charge in [0.05, 0.1) is 12.1 Å². The third kappa shape index (κ3) is 1.60. The van der Waals surface area contributed by atoms with Crippen molar-refractivity contribution < 1.29 is 9.90 Å². The number of rotatable bonds is 3. The maximum atomic E-state index is 10.0. The summed E-state index contributed by atoms with van der Waals surface area (Å²) in [6, 6.07) is 7.54. The van der Waals surface area contributed by atoms with Crippen LogP contribution in [-0.4, -0.2) is 11.2 Å². The van der Waals surface area contributed by atoms with Gasteiger partial charge in [-0.25, -0.2) is 9.79 Å². The number of hydrogen-bond acceptors (Lipinski definition) is 3. The van der Waals surface area contributed by atoms with Gasteiger partial charge in [-0.3, -0.25) is 0 Å². The molecule has 0 bridgehead atoms. The van der Waals surface area contributed by atoms with Crippen molar-refractivity contribution in [1.29, 1.82) is 0 Å². The van der Waals surface area contributed by atoms with Gasteiger partial charge >= 0.3 is 0 Å². The molecule has 0 aromatic heterocycles. The molecule has 0 radical (unpaired) electrons. The van der Waals surface area contributed by atoms with Gasteiger partial charge in [0, 0.05) is 0 Å². The Bertz CT molecular complexity index is 390. The first-order valence-electron chi connectivity index (χ1n) is 4.61. The minimum Gasteiger partial charge on any atom is -0.385 e. The molecule has 0 unspecified atom stereocenters. The molecule has 1 saturated carbocycles. The molecule has 3 nitrogen and oxygen atoms in total. The van der Waals surface area contributed by atoms with Gasteiger partial charge in [0.15, 0.2) is 0 Å². The average molecular weight is 189 g/mol. The second-order valence-electron chi connectivity index (χ2n) is 3.60. The minimum atomic E-state index is -0.658. The lowest BCUT2D eigenvalue weighted by molar-refractivity contribution is 0.150. The predicted molar refractivity (Wildman–Crippen MR) is 51.4 cm³/mol. The van der Waals surface area contributed by atoms with Crippen molar-refractivity contribution in [3.8, 4) is 0 Å². The van der Waals surface area contributed by atoms with Crippen LogP contribution < -0.4 is 0 Å². The molecule has 1 aromatic carbocycles. The van der Waals surface area contributed by atoms with Crippen molar-refractivity contribution in [2.75, 3.05) is 0 Å². The summed E-state index contributed by atoms with van der Waals surface area (Å²) < 4.78 is 0. The van der Waals surface area contributed by atoms with Crippen LogP contribution in [0.1, 0.15) is 24.0 Å². The van der Waals surface area contributed by atoms with Crippen LogP contribution in [-0.2, 0) is 16.9 Å². The van der Waals surface area contributed by atoms with Gasteiger partial charge in [-0.15, -0.1) is 0 Å². The maximum Gasteiger partial charge on any atom is 0.235 e. The van der Waals surface area contributed by atoms with Crippen molar-refractivity contribution in [2.45, 2.75) is 25.0 Å². The molecular formula is C11H11NO2. The van der Waals surface area contributed by atoms with Crippen molar-refractivity contribution in [1.82, 2.24) is 0 Å². The number of nitrogens with zero attached hydrogens (tertiary/aromatic N) is 1. The normalized spacial score (nSPS) is 17.2. The van der Waals surface area contributed by atoms with Gasteiger partial charge in [-0.1, -0.05) is 24.3 Å².